The lowest BCUT2D eigenvalue weighted by molar-refractivity contribution is -0.121. The molecule has 5 nitrogen and oxygen atoms in total. The smallest absolute Gasteiger partial charge is 0.294 e. The fourth-order valence-electron chi connectivity index (χ4n) is 2.57. The summed E-state index contributed by atoms with van der Waals surface area (Å²) in [5.41, 5.74) is 1.61. The van der Waals surface area contributed by atoms with Gasteiger partial charge in [0.05, 0.1) is 15.8 Å². The number of anilines is 1. The Morgan fingerprint density at radius 1 is 1.15 bits per heavy atom. The summed E-state index contributed by atoms with van der Waals surface area (Å²) < 4.78 is 17.6. The summed E-state index contributed by atoms with van der Waals surface area (Å²) in [5, 5.41) is 6.08. The van der Waals surface area contributed by atoms with Crippen LogP contribution in [0, 0.1) is 6.92 Å². The monoisotopic (exact) mass is 444 g/mol. The molecular weight excluding hydrogens is 431 g/mol. The average molecular weight is 446 g/mol. The van der Waals surface area contributed by atoms with Gasteiger partial charge in [-0.1, -0.05) is 52.5 Å². The Hall–Kier alpha value is -1.60. The second-order valence-corrected chi connectivity index (χ2v) is 8.67. The molecule has 0 radical (unpaired) electrons. The fourth-order valence-corrected chi connectivity index (χ4v) is 4.17. The molecule has 27 heavy (non-hydrogen) atoms. The number of aryl methyl sites for hydroxylation is 1. The van der Waals surface area contributed by atoms with E-state index < -0.39 is 22.8 Å². The number of hydrazone groups is 1. The molecular formula is C18H15Cl3N2O3S. The average Bonchev–Trinajstić information content (AvgIpc) is 2.85. The third-order valence-electron chi connectivity index (χ3n) is 3.78. The van der Waals surface area contributed by atoms with Crippen molar-refractivity contribution in [2.24, 2.45) is 5.10 Å². The minimum absolute atomic E-state index is 0.0849. The van der Waals surface area contributed by atoms with Crippen molar-refractivity contribution < 1.29 is 13.7 Å². The Labute approximate surface area is 174 Å². The van der Waals surface area contributed by atoms with E-state index in [2.05, 4.69) is 5.10 Å². The largest absolute Gasteiger partial charge is 0.474 e. The van der Waals surface area contributed by atoms with Gasteiger partial charge in [-0.2, -0.15) is 10.1 Å². The van der Waals surface area contributed by atoms with E-state index in [0.29, 0.717) is 16.5 Å². The van der Waals surface area contributed by atoms with Gasteiger partial charge in [0.15, 0.2) is 0 Å². The van der Waals surface area contributed by atoms with E-state index in [4.69, 9.17) is 39.5 Å². The van der Waals surface area contributed by atoms with Crippen LogP contribution in [-0.4, -0.2) is 33.9 Å². The third kappa shape index (κ3) is 4.46. The summed E-state index contributed by atoms with van der Waals surface area (Å²) in [4.78, 5) is 13.0. The Balaban J connectivity index is 1.98. The summed E-state index contributed by atoms with van der Waals surface area (Å²) in [7, 11) is -1.22. The highest BCUT2D eigenvalue weighted by atomic mass is 35.5. The number of benzene rings is 2. The number of rotatable bonds is 5. The highest BCUT2D eigenvalue weighted by molar-refractivity contribution is 7.85. The Bertz CT molecular complexity index is 924. The van der Waals surface area contributed by atoms with Crippen LogP contribution in [0.3, 0.4) is 0 Å². The first-order valence-electron chi connectivity index (χ1n) is 7.85. The van der Waals surface area contributed by atoms with E-state index in [1.165, 1.54) is 18.4 Å². The number of halogens is 3. The molecule has 1 aliphatic rings. The van der Waals surface area contributed by atoms with Gasteiger partial charge in [0, 0.05) is 22.1 Å². The SMILES string of the molecule is Cc1ccc(OC2C(=O)N(c3c(Cl)cc(Cl)cc3Cl)N=C2CS(C)=O)cc1. The zero-order chi connectivity index (χ0) is 19.7. The van der Waals surface area contributed by atoms with Crippen molar-refractivity contribution in [2.45, 2.75) is 13.0 Å². The predicted molar refractivity (Wildman–Crippen MR) is 111 cm³/mol. The zero-order valence-corrected chi connectivity index (χ0v) is 17.5. The van der Waals surface area contributed by atoms with Crippen LogP contribution >= 0.6 is 34.8 Å². The highest BCUT2D eigenvalue weighted by Crippen LogP contribution is 2.38. The number of carbonyl (C=O) groups excluding carboxylic acids is 1. The van der Waals surface area contributed by atoms with Crippen LogP contribution in [0.2, 0.25) is 15.1 Å². The van der Waals surface area contributed by atoms with Crippen molar-refractivity contribution in [1.82, 2.24) is 0 Å². The molecule has 1 heterocycles. The van der Waals surface area contributed by atoms with Crippen LogP contribution < -0.4 is 9.75 Å². The molecule has 2 unspecified atom stereocenters. The molecule has 0 N–H and O–H groups in total. The van der Waals surface area contributed by atoms with Crippen LogP contribution in [0.5, 0.6) is 5.75 Å². The van der Waals surface area contributed by atoms with Crippen molar-refractivity contribution in [2.75, 3.05) is 17.0 Å². The molecule has 2 atom stereocenters. The van der Waals surface area contributed by atoms with Crippen molar-refractivity contribution in [1.29, 1.82) is 0 Å². The van der Waals surface area contributed by atoms with Gasteiger partial charge < -0.3 is 4.74 Å². The predicted octanol–water partition coefficient (Wildman–Crippen LogP) is 4.48. The number of carbonyl (C=O) groups is 1. The maximum atomic E-state index is 13.0. The number of hydrogen-bond acceptors (Lipinski definition) is 4. The summed E-state index contributed by atoms with van der Waals surface area (Å²) in [5.74, 6) is 0.118. The van der Waals surface area contributed by atoms with Crippen molar-refractivity contribution >= 4 is 62.9 Å². The Kier molecular flexibility index (Phi) is 6.11. The molecule has 0 fully saturated rings. The van der Waals surface area contributed by atoms with E-state index in [9.17, 15) is 9.00 Å². The molecule has 0 saturated carbocycles. The van der Waals surface area contributed by atoms with Gasteiger partial charge in [-0.25, -0.2) is 0 Å². The van der Waals surface area contributed by atoms with Gasteiger partial charge in [-0.05, 0) is 31.2 Å². The maximum Gasteiger partial charge on any atom is 0.294 e. The molecule has 0 aromatic heterocycles. The number of amides is 1. The van der Waals surface area contributed by atoms with E-state index in [1.54, 1.807) is 12.1 Å². The van der Waals surface area contributed by atoms with E-state index in [0.717, 1.165) is 10.6 Å². The molecule has 2 aromatic carbocycles. The van der Waals surface area contributed by atoms with Gasteiger partial charge in [0.2, 0.25) is 6.10 Å². The minimum atomic E-state index is -1.22. The van der Waals surface area contributed by atoms with Gasteiger partial charge in [-0.3, -0.25) is 9.00 Å². The first-order valence-corrected chi connectivity index (χ1v) is 10.7. The molecule has 0 aliphatic carbocycles. The molecule has 2 aromatic rings. The standard InChI is InChI=1S/C18H15Cl3N2O3S/c1-10-3-5-12(6-4-10)26-17-15(9-27(2)25)22-23(18(17)24)16-13(20)7-11(19)8-14(16)21/h3-8,17H,9H2,1-2H3. The first kappa shape index (κ1) is 20.1. The lowest BCUT2D eigenvalue weighted by atomic mass is 10.2. The second-order valence-electron chi connectivity index (χ2n) is 5.99. The molecule has 9 heteroatoms. The van der Waals surface area contributed by atoms with Gasteiger partial charge in [0.25, 0.3) is 5.91 Å². The van der Waals surface area contributed by atoms with Crippen molar-refractivity contribution in [3.05, 3.63) is 57.0 Å². The van der Waals surface area contributed by atoms with Crippen molar-refractivity contribution in [3.8, 4) is 5.75 Å². The molecule has 0 spiro atoms. The van der Waals surface area contributed by atoms with E-state index in [1.807, 2.05) is 19.1 Å². The molecule has 0 saturated heterocycles. The van der Waals surface area contributed by atoms with Gasteiger partial charge in [-0.15, -0.1) is 0 Å². The topological polar surface area (TPSA) is 59.0 Å². The summed E-state index contributed by atoms with van der Waals surface area (Å²) in [6, 6.07) is 10.2. The summed E-state index contributed by atoms with van der Waals surface area (Å²) >= 11 is 18.4. The van der Waals surface area contributed by atoms with Crippen molar-refractivity contribution in [3.63, 3.8) is 0 Å². The lowest BCUT2D eigenvalue weighted by Gasteiger charge is -2.18. The third-order valence-corrected chi connectivity index (χ3v) is 5.28. The Morgan fingerprint density at radius 2 is 1.74 bits per heavy atom. The summed E-state index contributed by atoms with van der Waals surface area (Å²) in [6.45, 7) is 1.95. The zero-order valence-electron chi connectivity index (χ0n) is 14.4. The Morgan fingerprint density at radius 3 is 2.30 bits per heavy atom. The van der Waals surface area contributed by atoms with Crippen LogP contribution in [0.25, 0.3) is 0 Å². The second kappa shape index (κ2) is 8.19. The van der Waals surface area contributed by atoms with Crippen LogP contribution in [0.15, 0.2) is 41.5 Å². The molecule has 1 amide bonds. The van der Waals surface area contributed by atoms with E-state index >= 15 is 0 Å². The van der Waals surface area contributed by atoms with Crippen LogP contribution in [0.4, 0.5) is 5.69 Å². The van der Waals surface area contributed by atoms with Gasteiger partial charge in [0.1, 0.15) is 17.1 Å². The normalized spacial score (nSPS) is 17.8. The van der Waals surface area contributed by atoms with Gasteiger partial charge >= 0.3 is 0 Å². The van der Waals surface area contributed by atoms with E-state index in [-0.39, 0.29) is 21.5 Å². The van der Waals surface area contributed by atoms with Crippen LogP contribution in [0.1, 0.15) is 5.56 Å². The highest BCUT2D eigenvalue weighted by Gasteiger charge is 2.40. The first-order chi connectivity index (χ1) is 12.8. The minimum Gasteiger partial charge on any atom is -0.474 e. The molecule has 3 rings (SSSR count). The number of nitrogens with zero attached hydrogens (tertiary/aromatic N) is 2. The molecule has 142 valence electrons. The quantitative estimate of drug-likeness (QED) is 0.681. The van der Waals surface area contributed by atoms with Crippen LogP contribution in [-0.2, 0) is 15.6 Å². The molecule has 1 aliphatic heterocycles. The number of ether oxygens (including phenoxy) is 1. The maximum absolute atomic E-state index is 13.0. The summed E-state index contributed by atoms with van der Waals surface area (Å²) in [6.07, 6.45) is 0.514. The molecule has 0 bridgehead atoms. The lowest BCUT2D eigenvalue weighted by Crippen LogP contribution is -2.38. The number of hydrogen-bond donors (Lipinski definition) is 0. The fraction of sp³-hybridized carbons (Fsp3) is 0.222.